The molecule has 29 heavy (non-hydrogen) atoms. The Morgan fingerprint density at radius 2 is 2.07 bits per heavy atom. The third-order valence-corrected chi connectivity index (χ3v) is 5.02. The largest absolute Gasteiger partial charge is 0.444 e. The maximum Gasteiger partial charge on any atom is 0.410 e. The molecule has 1 aliphatic rings. The van der Waals surface area contributed by atoms with Gasteiger partial charge in [0.2, 0.25) is 5.91 Å². The molecule has 1 saturated heterocycles. The van der Waals surface area contributed by atoms with Crippen molar-refractivity contribution in [3.63, 3.8) is 0 Å². The maximum absolute atomic E-state index is 13.5. The molecule has 2 aromatic rings. The number of halogens is 1. The molecule has 3 rings (SSSR count). The average Bonchev–Trinajstić information content (AvgIpc) is 2.96. The Balaban J connectivity index is 1.60. The lowest BCUT2D eigenvalue weighted by Crippen LogP contribution is -2.53. The molecule has 1 aromatic carbocycles. The van der Waals surface area contributed by atoms with E-state index in [9.17, 15) is 14.0 Å². The first-order chi connectivity index (χ1) is 13.7. The fraction of sp³-hybridized carbons (Fsp3) is 0.571. The molecule has 1 atom stereocenters. The molecule has 7 nitrogen and oxygen atoms in total. The third kappa shape index (κ3) is 5.05. The molecule has 1 N–H and O–H groups in total. The molecule has 0 radical (unpaired) electrons. The molecule has 0 saturated carbocycles. The Labute approximate surface area is 170 Å². The molecule has 8 heteroatoms. The summed E-state index contributed by atoms with van der Waals surface area (Å²) in [4.78, 5) is 31.2. The maximum atomic E-state index is 13.5. The van der Waals surface area contributed by atoms with E-state index in [1.54, 1.807) is 6.07 Å². The standard InChI is InChI=1S/C21H29FN4O3/c1-21(2,3)29-20(28)26-12-6-5-7-16(26)19(27)23-11-10-18-24-15-9-8-14(22)13-17(15)25(18)4/h8-9,13,16H,5-7,10-12H2,1-4H3,(H,23,27). The van der Waals surface area contributed by atoms with Gasteiger partial charge in [0.15, 0.2) is 0 Å². The summed E-state index contributed by atoms with van der Waals surface area (Å²) >= 11 is 0. The second kappa shape index (κ2) is 8.39. The average molecular weight is 404 g/mol. The summed E-state index contributed by atoms with van der Waals surface area (Å²) in [6, 6.07) is 3.96. The fourth-order valence-electron chi connectivity index (χ4n) is 3.60. The number of ether oxygens (including phenoxy) is 1. The number of nitrogens with zero attached hydrogens (tertiary/aromatic N) is 3. The van der Waals surface area contributed by atoms with Gasteiger partial charge in [-0.3, -0.25) is 9.69 Å². The summed E-state index contributed by atoms with van der Waals surface area (Å²) in [6.45, 7) is 6.34. The highest BCUT2D eigenvalue weighted by atomic mass is 19.1. The van der Waals surface area contributed by atoms with Gasteiger partial charge >= 0.3 is 6.09 Å². The number of hydrogen-bond acceptors (Lipinski definition) is 4. The van der Waals surface area contributed by atoms with Gasteiger partial charge in [-0.15, -0.1) is 0 Å². The SMILES string of the molecule is Cn1c(CCNC(=O)C2CCCCN2C(=O)OC(C)(C)C)nc2ccc(F)cc21. The number of aromatic nitrogens is 2. The molecule has 2 heterocycles. The van der Waals surface area contributed by atoms with Crippen LogP contribution in [0.1, 0.15) is 45.9 Å². The Morgan fingerprint density at radius 3 is 2.79 bits per heavy atom. The zero-order valence-electron chi connectivity index (χ0n) is 17.5. The number of nitrogens with one attached hydrogen (secondary N) is 1. The van der Waals surface area contributed by atoms with Gasteiger partial charge in [0.1, 0.15) is 23.3 Å². The van der Waals surface area contributed by atoms with Crippen LogP contribution in [0.25, 0.3) is 11.0 Å². The van der Waals surface area contributed by atoms with Crippen molar-refractivity contribution < 1.29 is 18.7 Å². The van der Waals surface area contributed by atoms with Crippen molar-refractivity contribution >= 4 is 23.0 Å². The Bertz CT molecular complexity index is 903. The van der Waals surface area contributed by atoms with Crippen molar-refractivity contribution in [1.82, 2.24) is 19.8 Å². The number of piperidine rings is 1. The van der Waals surface area contributed by atoms with Crippen LogP contribution >= 0.6 is 0 Å². The van der Waals surface area contributed by atoms with Gasteiger partial charge in [0.05, 0.1) is 11.0 Å². The van der Waals surface area contributed by atoms with Crippen molar-refractivity contribution in [2.24, 2.45) is 7.05 Å². The lowest BCUT2D eigenvalue weighted by molar-refractivity contribution is -0.127. The summed E-state index contributed by atoms with van der Waals surface area (Å²) in [5.41, 5.74) is 0.836. The van der Waals surface area contributed by atoms with E-state index >= 15 is 0 Å². The molecule has 158 valence electrons. The van der Waals surface area contributed by atoms with Crippen LogP contribution < -0.4 is 5.32 Å². The van der Waals surface area contributed by atoms with Gasteiger partial charge in [-0.2, -0.15) is 0 Å². The summed E-state index contributed by atoms with van der Waals surface area (Å²) in [5, 5.41) is 2.92. The van der Waals surface area contributed by atoms with Crippen LogP contribution in [0, 0.1) is 5.82 Å². The second-order valence-corrected chi connectivity index (χ2v) is 8.45. The number of aryl methyl sites for hydroxylation is 1. The predicted molar refractivity (Wildman–Crippen MR) is 108 cm³/mol. The van der Waals surface area contributed by atoms with Crippen LogP contribution in [-0.2, 0) is 23.0 Å². The third-order valence-electron chi connectivity index (χ3n) is 5.02. The Hall–Kier alpha value is -2.64. The van der Waals surface area contributed by atoms with Crippen molar-refractivity contribution in [2.45, 2.75) is 58.1 Å². The molecular weight excluding hydrogens is 375 g/mol. The van der Waals surface area contributed by atoms with Crippen LogP contribution in [0.2, 0.25) is 0 Å². The number of rotatable bonds is 4. The van der Waals surface area contributed by atoms with Crippen LogP contribution in [0.5, 0.6) is 0 Å². The number of carbonyl (C=O) groups is 2. The monoisotopic (exact) mass is 404 g/mol. The van der Waals surface area contributed by atoms with Gasteiger partial charge < -0.3 is 14.6 Å². The molecule has 0 spiro atoms. The molecule has 1 aromatic heterocycles. The highest BCUT2D eigenvalue weighted by Crippen LogP contribution is 2.21. The van der Waals surface area contributed by atoms with Crippen molar-refractivity contribution in [1.29, 1.82) is 0 Å². The van der Waals surface area contributed by atoms with E-state index in [4.69, 9.17) is 4.74 Å². The normalized spacial score (nSPS) is 17.4. The van der Waals surface area contributed by atoms with E-state index in [0.29, 0.717) is 25.9 Å². The van der Waals surface area contributed by atoms with Crippen molar-refractivity contribution in [3.05, 3.63) is 29.8 Å². The first kappa shape index (κ1) is 21.1. The molecule has 0 aliphatic carbocycles. The number of carbonyl (C=O) groups excluding carboxylic acids is 2. The molecule has 1 fully saturated rings. The minimum atomic E-state index is -0.602. The first-order valence-corrected chi connectivity index (χ1v) is 10.0. The highest BCUT2D eigenvalue weighted by Gasteiger charge is 2.34. The zero-order chi connectivity index (χ0) is 21.2. The topological polar surface area (TPSA) is 76.5 Å². The van der Waals surface area contributed by atoms with Gasteiger partial charge in [0.25, 0.3) is 0 Å². The summed E-state index contributed by atoms with van der Waals surface area (Å²) in [7, 11) is 1.83. The summed E-state index contributed by atoms with van der Waals surface area (Å²) in [5.74, 6) is 0.277. The fourth-order valence-corrected chi connectivity index (χ4v) is 3.60. The van der Waals surface area contributed by atoms with Crippen LogP contribution in [0.4, 0.5) is 9.18 Å². The van der Waals surface area contributed by atoms with Gasteiger partial charge in [-0.05, 0) is 58.2 Å². The first-order valence-electron chi connectivity index (χ1n) is 10.0. The van der Waals surface area contributed by atoms with E-state index in [0.717, 1.165) is 29.7 Å². The minimum absolute atomic E-state index is 0.180. The summed E-state index contributed by atoms with van der Waals surface area (Å²) < 4.78 is 20.7. The zero-order valence-corrected chi connectivity index (χ0v) is 17.5. The number of likely N-dealkylation sites (tertiary alicyclic amines) is 1. The molecular formula is C21H29FN4O3. The Morgan fingerprint density at radius 1 is 1.31 bits per heavy atom. The van der Waals surface area contributed by atoms with Gasteiger partial charge in [-0.1, -0.05) is 0 Å². The van der Waals surface area contributed by atoms with E-state index in [1.165, 1.54) is 17.0 Å². The number of amides is 2. The molecule has 0 bridgehead atoms. The number of imidazole rings is 1. The van der Waals surface area contributed by atoms with Crippen LogP contribution in [-0.4, -0.2) is 51.2 Å². The lowest BCUT2D eigenvalue weighted by atomic mass is 10.0. The number of hydrogen-bond donors (Lipinski definition) is 1. The highest BCUT2D eigenvalue weighted by molar-refractivity contribution is 5.86. The lowest BCUT2D eigenvalue weighted by Gasteiger charge is -2.35. The van der Waals surface area contributed by atoms with Crippen LogP contribution in [0.15, 0.2) is 18.2 Å². The van der Waals surface area contributed by atoms with Gasteiger partial charge in [0, 0.05) is 26.6 Å². The quantitative estimate of drug-likeness (QED) is 0.849. The molecule has 1 unspecified atom stereocenters. The van der Waals surface area contributed by atoms with E-state index in [-0.39, 0.29) is 11.7 Å². The number of fused-ring (bicyclic) bond motifs is 1. The molecule has 2 amide bonds. The van der Waals surface area contributed by atoms with Crippen LogP contribution in [0.3, 0.4) is 0 Å². The van der Waals surface area contributed by atoms with Gasteiger partial charge in [-0.25, -0.2) is 14.2 Å². The molecule has 1 aliphatic heterocycles. The van der Waals surface area contributed by atoms with E-state index < -0.39 is 17.7 Å². The predicted octanol–water partition coefficient (Wildman–Crippen LogP) is 3.16. The Kier molecular flexibility index (Phi) is 6.10. The van der Waals surface area contributed by atoms with E-state index in [1.807, 2.05) is 32.4 Å². The summed E-state index contributed by atoms with van der Waals surface area (Å²) in [6.07, 6.45) is 2.44. The van der Waals surface area contributed by atoms with Crippen molar-refractivity contribution in [3.8, 4) is 0 Å². The van der Waals surface area contributed by atoms with E-state index in [2.05, 4.69) is 10.3 Å². The minimum Gasteiger partial charge on any atom is -0.444 e. The second-order valence-electron chi connectivity index (χ2n) is 8.45. The smallest absolute Gasteiger partial charge is 0.410 e. The number of benzene rings is 1. The van der Waals surface area contributed by atoms with Crippen molar-refractivity contribution in [2.75, 3.05) is 13.1 Å².